The zero-order valence-electron chi connectivity index (χ0n) is 15.9. The number of carboxylic acids is 1. The van der Waals surface area contributed by atoms with E-state index in [1.807, 2.05) is 18.2 Å². The number of amides is 1. The Hall–Kier alpha value is -3.55. The van der Waals surface area contributed by atoms with Gasteiger partial charge in [0.2, 0.25) is 5.91 Å². The summed E-state index contributed by atoms with van der Waals surface area (Å²) in [7, 11) is 0. The summed E-state index contributed by atoms with van der Waals surface area (Å²) >= 11 is 0. The molecule has 148 valence electrons. The van der Waals surface area contributed by atoms with Crippen LogP contribution in [0.2, 0.25) is 0 Å². The summed E-state index contributed by atoms with van der Waals surface area (Å²) in [4.78, 5) is 24.6. The molecule has 0 bridgehead atoms. The fraction of sp³-hybridized carbons (Fsp3) is 0.286. The van der Waals surface area contributed by atoms with Gasteiger partial charge in [0, 0.05) is 17.7 Å². The van der Waals surface area contributed by atoms with E-state index in [9.17, 15) is 14.7 Å². The number of carbonyl (C=O) groups is 2. The molecule has 8 heteroatoms. The van der Waals surface area contributed by atoms with Gasteiger partial charge >= 0.3 is 5.97 Å². The molecule has 0 spiro atoms. The Morgan fingerprint density at radius 3 is 2.62 bits per heavy atom. The quantitative estimate of drug-likeness (QED) is 0.641. The molecule has 1 saturated carbocycles. The van der Waals surface area contributed by atoms with E-state index in [0.717, 1.165) is 18.4 Å². The van der Waals surface area contributed by atoms with Crippen molar-refractivity contribution in [2.75, 3.05) is 5.32 Å². The molecule has 1 fully saturated rings. The van der Waals surface area contributed by atoms with E-state index in [1.54, 1.807) is 48.0 Å². The lowest BCUT2D eigenvalue weighted by Crippen LogP contribution is -2.36. The maximum Gasteiger partial charge on any atom is 0.314 e. The molecule has 1 amide bonds. The molecule has 2 aromatic carbocycles. The highest BCUT2D eigenvalue weighted by atomic mass is 16.4. The molecule has 8 nitrogen and oxygen atoms in total. The molecule has 0 radical (unpaired) electrons. The molecule has 1 heterocycles. The number of tetrazole rings is 1. The van der Waals surface area contributed by atoms with Gasteiger partial charge in [-0.05, 0) is 47.9 Å². The lowest BCUT2D eigenvalue weighted by molar-refractivity contribution is -0.145. The average Bonchev–Trinajstić information content (AvgIpc) is 3.44. The normalized spacial score (nSPS) is 15.5. The van der Waals surface area contributed by atoms with Crippen LogP contribution >= 0.6 is 0 Å². The van der Waals surface area contributed by atoms with E-state index in [4.69, 9.17) is 0 Å². The lowest BCUT2D eigenvalue weighted by atomic mass is 9.79. The number of aromatic nitrogens is 4. The smallest absolute Gasteiger partial charge is 0.314 e. The van der Waals surface area contributed by atoms with E-state index in [2.05, 4.69) is 20.8 Å². The second-order valence-electron chi connectivity index (χ2n) is 7.49. The first-order valence-electron chi connectivity index (χ1n) is 9.44. The van der Waals surface area contributed by atoms with Gasteiger partial charge in [-0.2, -0.15) is 0 Å². The molecule has 0 unspecified atom stereocenters. The van der Waals surface area contributed by atoms with Crippen molar-refractivity contribution in [2.45, 2.75) is 37.6 Å². The SMILES string of the molecule is C[C@@](CC(=O)Nc1cccc(-c2nnnn2C2CC2)c1)(C(=O)O)c1ccccc1. The summed E-state index contributed by atoms with van der Waals surface area (Å²) < 4.78 is 1.80. The maximum absolute atomic E-state index is 12.7. The summed E-state index contributed by atoms with van der Waals surface area (Å²) in [5, 5.41) is 24.5. The molecule has 1 aromatic heterocycles. The first-order chi connectivity index (χ1) is 14.0. The largest absolute Gasteiger partial charge is 0.481 e. The highest BCUT2D eigenvalue weighted by Gasteiger charge is 2.37. The Labute approximate surface area is 167 Å². The average molecular weight is 391 g/mol. The third-order valence-electron chi connectivity index (χ3n) is 5.19. The zero-order chi connectivity index (χ0) is 20.4. The number of aliphatic carboxylic acids is 1. The second kappa shape index (κ2) is 7.46. The van der Waals surface area contributed by atoms with Crippen LogP contribution in [0.1, 0.15) is 37.8 Å². The zero-order valence-corrected chi connectivity index (χ0v) is 15.9. The van der Waals surface area contributed by atoms with Crippen LogP contribution in [0.25, 0.3) is 11.4 Å². The van der Waals surface area contributed by atoms with Crippen molar-refractivity contribution in [3.8, 4) is 11.4 Å². The van der Waals surface area contributed by atoms with Crippen LogP contribution in [0.5, 0.6) is 0 Å². The number of anilines is 1. The topological polar surface area (TPSA) is 110 Å². The summed E-state index contributed by atoms with van der Waals surface area (Å²) in [6.45, 7) is 1.56. The number of hydrogen-bond donors (Lipinski definition) is 2. The van der Waals surface area contributed by atoms with Gasteiger partial charge in [0.25, 0.3) is 0 Å². The maximum atomic E-state index is 12.7. The minimum absolute atomic E-state index is 0.184. The number of carboxylic acid groups (broad SMARTS) is 1. The molecular weight excluding hydrogens is 370 g/mol. The Morgan fingerprint density at radius 1 is 1.17 bits per heavy atom. The van der Waals surface area contributed by atoms with Crippen LogP contribution in [0.15, 0.2) is 54.6 Å². The summed E-state index contributed by atoms with van der Waals surface area (Å²) in [6, 6.07) is 16.4. The van der Waals surface area contributed by atoms with Gasteiger partial charge in [0.05, 0.1) is 11.5 Å². The minimum Gasteiger partial charge on any atom is -0.481 e. The number of nitrogens with one attached hydrogen (secondary N) is 1. The highest BCUT2D eigenvalue weighted by molar-refractivity contribution is 5.96. The van der Waals surface area contributed by atoms with Gasteiger partial charge in [-0.25, -0.2) is 4.68 Å². The first-order valence-corrected chi connectivity index (χ1v) is 9.44. The molecule has 0 saturated heterocycles. The van der Waals surface area contributed by atoms with Crippen molar-refractivity contribution in [1.29, 1.82) is 0 Å². The minimum atomic E-state index is -1.32. The standard InChI is InChI=1S/C21H21N5O3/c1-21(20(28)29,15-7-3-2-4-8-15)13-18(27)22-16-9-5-6-14(12-16)19-23-24-25-26(19)17-10-11-17/h2-9,12,17H,10-11,13H2,1H3,(H,22,27)(H,28,29)/t21-/m0/s1. The Balaban J connectivity index is 1.52. The third-order valence-corrected chi connectivity index (χ3v) is 5.19. The van der Waals surface area contributed by atoms with Crippen LogP contribution in [-0.4, -0.2) is 37.2 Å². The number of hydrogen-bond acceptors (Lipinski definition) is 5. The van der Waals surface area contributed by atoms with E-state index in [-0.39, 0.29) is 12.3 Å². The highest BCUT2D eigenvalue weighted by Crippen LogP contribution is 2.37. The molecule has 0 aliphatic heterocycles. The van der Waals surface area contributed by atoms with Gasteiger partial charge in [-0.1, -0.05) is 42.5 Å². The van der Waals surface area contributed by atoms with Crippen molar-refractivity contribution in [2.24, 2.45) is 0 Å². The molecule has 1 aliphatic carbocycles. The number of carbonyl (C=O) groups excluding carboxylic acids is 1. The third kappa shape index (κ3) is 3.87. The van der Waals surface area contributed by atoms with Crippen LogP contribution in [0.3, 0.4) is 0 Å². The van der Waals surface area contributed by atoms with Crippen molar-refractivity contribution >= 4 is 17.6 Å². The summed E-state index contributed by atoms with van der Waals surface area (Å²) in [5.74, 6) is -0.767. The van der Waals surface area contributed by atoms with Crippen molar-refractivity contribution in [3.63, 3.8) is 0 Å². The summed E-state index contributed by atoms with van der Waals surface area (Å²) in [5.41, 5.74) is 0.626. The van der Waals surface area contributed by atoms with Crippen LogP contribution in [0, 0.1) is 0 Å². The fourth-order valence-corrected chi connectivity index (χ4v) is 3.32. The lowest BCUT2D eigenvalue weighted by Gasteiger charge is -2.24. The molecule has 4 rings (SSSR count). The molecule has 3 aromatic rings. The van der Waals surface area contributed by atoms with Gasteiger partial charge in [-0.3, -0.25) is 9.59 Å². The van der Waals surface area contributed by atoms with Crippen LogP contribution in [0.4, 0.5) is 5.69 Å². The van der Waals surface area contributed by atoms with Crippen molar-refractivity contribution in [3.05, 3.63) is 60.2 Å². The molecule has 1 atom stereocenters. The molecular formula is C21H21N5O3. The van der Waals surface area contributed by atoms with Gasteiger partial charge in [0.1, 0.15) is 0 Å². The van der Waals surface area contributed by atoms with Crippen molar-refractivity contribution < 1.29 is 14.7 Å². The Kier molecular flexibility index (Phi) is 4.84. The van der Waals surface area contributed by atoms with E-state index >= 15 is 0 Å². The molecule has 1 aliphatic rings. The van der Waals surface area contributed by atoms with Gasteiger partial charge in [-0.15, -0.1) is 5.10 Å². The van der Waals surface area contributed by atoms with Gasteiger partial charge in [0.15, 0.2) is 5.82 Å². The molecule has 29 heavy (non-hydrogen) atoms. The van der Waals surface area contributed by atoms with Crippen LogP contribution < -0.4 is 5.32 Å². The van der Waals surface area contributed by atoms with E-state index in [1.165, 1.54) is 0 Å². The van der Waals surface area contributed by atoms with Gasteiger partial charge < -0.3 is 10.4 Å². The number of rotatable bonds is 7. The second-order valence-corrected chi connectivity index (χ2v) is 7.49. The molecule has 2 N–H and O–H groups in total. The van der Waals surface area contributed by atoms with E-state index < -0.39 is 11.4 Å². The number of benzene rings is 2. The Bertz CT molecular complexity index is 1050. The van der Waals surface area contributed by atoms with E-state index in [0.29, 0.717) is 23.1 Å². The predicted molar refractivity (Wildman–Crippen MR) is 106 cm³/mol. The van der Waals surface area contributed by atoms with Crippen molar-refractivity contribution in [1.82, 2.24) is 20.2 Å². The number of nitrogens with zero attached hydrogens (tertiary/aromatic N) is 4. The first kappa shape index (κ1) is 18.8. The Morgan fingerprint density at radius 2 is 1.93 bits per heavy atom. The van der Waals surface area contributed by atoms with Crippen LogP contribution in [-0.2, 0) is 15.0 Å². The monoisotopic (exact) mass is 391 g/mol. The summed E-state index contributed by atoms with van der Waals surface area (Å²) in [6.07, 6.45) is 1.93. The fourth-order valence-electron chi connectivity index (χ4n) is 3.32. The predicted octanol–water partition coefficient (Wildman–Crippen LogP) is 3.05.